The van der Waals surface area contributed by atoms with Crippen LogP contribution >= 0.6 is 0 Å². The molecule has 7 nitrogen and oxygen atoms in total. The predicted octanol–water partition coefficient (Wildman–Crippen LogP) is 1.08. The number of aromatic nitrogens is 2. The Kier molecular flexibility index (Phi) is 4.62. The van der Waals surface area contributed by atoms with Gasteiger partial charge in [0.15, 0.2) is 0 Å². The van der Waals surface area contributed by atoms with E-state index in [0.717, 1.165) is 5.56 Å². The largest absolute Gasteiger partial charge is 0.481 e. The highest BCUT2D eigenvalue weighted by Gasteiger charge is 2.44. The monoisotopic (exact) mass is 295 g/mol. The fourth-order valence-corrected chi connectivity index (χ4v) is 2.67. The number of hydrogen-bond donors (Lipinski definition) is 1. The number of ether oxygens (including phenoxy) is 1. The van der Waals surface area contributed by atoms with Crippen molar-refractivity contribution in [3.63, 3.8) is 0 Å². The first-order valence-corrected chi connectivity index (χ1v) is 7.01. The van der Waals surface area contributed by atoms with Crippen LogP contribution in [0.4, 0.5) is 0 Å². The van der Waals surface area contributed by atoms with Gasteiger partial charge in [-0.2, -0.15) is 5.10 Å². The van der Waals surface area contributed by atoms with Gasteiger partial charge in [0.1, 0.15) is 0 Å². The van der Waals surface area contributed by atoms with Crippen LogP contribution < -0.4 is 0 Å². The Hall–Kier alpha value is -1.89. The van der Waals surface area contributed by atoms with E-state index in [1.165, 1.54) is 0 Å². The molecule has 0 spiro atoms. The standard InChI is InChI=1S/C14H21N3O4/c1-9(2)17-8-10(7-15-17)13-11(14(19)20)6-12(18)16(13)4-5-21-3/h7-9,11,13H,4-6H2,1-3H3,(H,19,20). The summed E-state index contributed by atoms with van der Waals surface area (Å²) >= 11 is 0. The first-order valence-electron chi connectivity index (χ1n) is 7.01. The van der Waals surface area contributed by atoms with E-state index in [9.17, 15) is 14.7 Å². The van der Waals surface area contributed by atoms with Gasteiger partial charge in [-0.25, -0.2) is 0 Å². The number of carbonyl (C=O) groups is 2. The Morgan fingerprint density at radius 2 is 2.29 bits per heavy atom. The van der Waals surface area contributed by atoms with Gasteiger partial charge in [-0.15, -0.1) is 0 Å². The average Bonchev–Trinajstić information content (AvgIpc) is 3.01. The summed E-state index contributed by atoms with van der Waals surface area (Å²) in [6.07, 6.45) is 3.50. The SMILES string of the molecule is COCCN1C(=O)CC(C(=O)O)C1c1cnn(C(C)C)c1. The maximum Gasteiger partial charge on any atom is 0.309 e. The number of nitrogens with zero attached hydrogens (tertiary/aromatic N) is 3. The quantitative estimate of drug-likeness (QED) is 0.849. The van der Waals surface area contributed by atoms with Crippen LogP contribution in [0.5, 0.6) is 0 Å². The van der Waals surface area contributed by atoms with Crippen molar-refractivity contribution in [1.82, 2.24) is 14.7 Å². The molecule has 2 rings (SSSR count). The third-order valence-corrected chi connectivity index (χ3v) is 3.78. The highest BCUT2D eigenvalue weighted by Crippen LogP contribution is 2.38. The number of amides is 1. The summed E-state index contributed by atoms with van der Waals surface area (Å²) in [5, 5.41) is 13.6. The van der Waals surface area contributed by atoms with Gasteiger partial charge in [-0.05, 0) is 13.8 Å². The van der Waals surface area contributed by atoms with E-state index in [4.69, 9.17) is 4.74 Å². The molecular weight excluding hydrogens is 274 g/mol. The highest BCUT2D eigenvalue weighted by molar-refractivity contribution is 5.87. The number of methoxy groups -OCH3 is 1. The topological polar surface area (TPSA) is 84.7 Å². The number of carboxylic acids is 1. The van der Waals surface area contributed by atoms with E-state index < -0.39 is 17.9 Å². The van der Waals surface area contributed by atoms with E-state index in [1.807, 2.05) is 20.0 Å². The zero-order chi connectivity index (χ0) is 15.6. The summed E-state index contributed by atoms with van der Waals surface area (Å²) in [5.41, 5.74) is 0.762. The molecule has 116 valence electrons. The minimum atomic E-state index is -0.953. The lowest BCUT2D eigenvalue weighted by Gasteiger charge is -2.25. The van der Waals surface area contributed by atoms with Crippen molar-refractivity contribution in [2.75, 3.05) is 20.3 Å². The van der Waals surface area contributed by atoms with Gasteiger partial charge in [-0.1, -0.05) is 0 Å². The Morgan fingerprint density at radius 1 is 1.57 bits per heavy atom. The van der Waals surface area contributed by atoms with Gasteiger partial charge in [0.25, 0.3) is 0 Å². The molecule has 1 aromatic heterocycles. The van der Waals surface area contributed by atoms with E-state index in [1.54, 1.807) is 22.9 Å². The molecule has 1 aliphatic heterocycles. The summed E-state index contributed by atoms with van der Waals surface area (Å²) in [4.78, 5) is 25.1. The van der Waals surface area contributed by atoms with Crippen molar-refractivity contribution in [2.24, 2.45) is 5.92 Å². The van der Waals surface area contributed by atoms with Crippen molar-refractivity contribution in [2.45, 2.75) is 32.4 Å². The Morgan fingerprint density at radius 3 is 2.81 bits per heavy atom. The molecule has 2 atom stereocenters. The number of likely N-dealkylation sites (tertiary alicyclic amines) is 1. The third kappa shape index (κ3) is 3.07. The van der Waals surface area contributed by atoms with Crippen LogP contribution in [-0.4, -0.2) is 51.9 Å². The van der Waals surface area contributed by atoms with E-state index in [0.29, 0.717) is 13.2 Å². The molecular formula is C14H21N3O4. The van der Waals surface area contributed by atoms with Crippen LogP contribution in [0.15, 0.2) is 12.4 Å². The smallest absolute Gasteiger partial charge is 0.309 e. The molecule has 0 bridgehead atoms. The van der Waals surface area contributed by atoms with E-state index in [2.05, 4.69) is 5.10 Å². The molecule has 0 aliphatic carbocycles. The molecule has 21 heavy (non-hydrogen) atoms. The van der Waals surface area contributed by atoms with E-state index >= 15 is 0 Å². The Balaban J connectivity index is 2.31. The zero-order valence-electron chi connectivity index (χ0n) is 12.5. The summed E-state index contributed by atoms with van der Waals surface area (Å²) in [6.45, 7) is 4.76. The fraction of sp³-hybridized carbons (Fsp3) is 0.643. The first kappa shape index (κ1) is 15.5. The van der Waals surface area contributed by atoms with Crippen LogP contribution in [0, 0.1) is 5.92 Å². The number of hydrogen-bond acceptors (Lipinski definition) is 4. The van der Waals surface area contributed by atoms with Crippen LogP contribution in [0.1, 0.15) is 37.9 Å². The summed E-state index contributed by atoms with van der Waals surface area (Å²) in [7, 11) is 1.56. The highest BCUT2D eigenvalue weighted by atomic mass is 16.5. The molecule has 2 heterocycles. The van der Waals surface area contributed by atoms with Gasteiger partial charge >= 0.3 is 5.97 Å². The van der Waals surface area contributed by atoms with E-state index in [-0.39, 0.29) is 18.4 Å². The van der Waals surface area contributed by atoms with Crippen LogP contribution in [0.2, 0.25) is 0 Å². The lowest BCUT2D eigenvalue weighted by atomic mass is 9.96. The average molecular weight is 295 g/mol. The predicted molar refractivity (Wildman–Crippen MR) is 74.7 cm³/mol. The summed E-state index contributed by atoms with van der Waals surface area (Å²) in [6, 6.07) is -0.288. The normalized spacial score (nSPS) is 22.3. The van der Waals surface area contributed by atoms with Gasteiger partial charge in [0, 0.05) is 37.9 Å². The summed E-state index contributed by atoms with van der Waals surface area (Å²) in [5.74, 6) is -1.84. The van der Waals surface area contributed by atoms with Crippen molar-refractivity contribution in [1.29, 1.82) is 0 Å². The Labute approximate surface area is 123 Å². The minimum Gasteiger partial charge on any atom is -0.481 e. The van der Waals surface area contributed by atoms with Crippen LogP contribution in [0.3, 0.4) is 0 Å². The zero-order valence-corrected chi connectivity index (χ0v) is 12.5. The molecule has 7 heteroatoms. The number of aliphatic carboxylic acids is 1. The molecule has 1 amide bonds. The molecule has 1 saturated heterocycles. The van der Waals surface area contributed by atoms with Gasteiger partial charge < -0.3 is 14.7 Å². The molecule has 0 saturated carbocycles. The molecule has 1 N–H and O–H groups in total. The maximum atomic E-state index is 12.1. The second-order valence-corrected chi connectivity index (χ2v) is 5.52. The van der Waals surface area contributed by atoms with Crippen LogP contribution in [-0.2, 0) is 14.3 Å². The van der Waals surface area contributed by atoms with Gasteiger partial charge in [-0.3, -0.25) is 14.3 Å². The first-order chi connectivity index (χ1) is 9.95. The van der Waals surface area contributed by atoms with Crippen molar-refractivity contribution in [3.05, 3.63) is 18.0 Å². The lowest BCUT2D eigenvalue weighted by Crippen LogP contribution is -2.33. The van der Waals surface area contributed by atoms with Crippen LogP contribution in [0.25, 0.3) is 0 Å². The van der Waals surface area contributed by atoms with Crippen molar-refractivity contribution >= 4 is 11.9 Å². The Bertz CT molecular complexity index is 526. The second-order valence-electron chi connectivity index (χ2n) is 5.52. The molecule has 0 aromatic carbocycles. The third-order valence-electron chi connectivity index (χ3n) is 3.78. The maximum absolute atomic E-state index is 12.1. The van der Waals surface area contributed by atoms with Gasteiger partial charge in [0.05, 0.1) is 24.8 Å². The molecule has 1 aromatic rings. The number of carboxylic acid groups (broad SMARTS) is 1. The van der Waals surface area contributed by atoms with Gasteiger partial charge in [0.2, 0.25) is 5.91 Å². The molecule has 2 unspecified atom stereocenters. The van der Waals surface area contributed by atoms with Crippen molar-refractivity contribution in [3.8, 4) is 0 Å². The fourth-order valence-electron chi connectivity index (χ4n) is 2.67. The number of carbonyl (C=O) groups excluding carboxylic acids is 1. The second kappa shape index (κ2) is 6.26. The molecule has 1 aliphatic rings. The lowest BCUT2D eigenvalue weighted by molar-refractivity contribution is -0.142. The number of rotatable bonds is 6. The molecule has 0 radical (unpaired) electrons. The summed E-state index contributed by atoms with van der Waals surface area (Å²) < 4.78 is 6.78. The minimum absolute atomic E-state index is 0.0244. The molecule has 1 fully saturated rings. The van der Waals surface area contributed by atoms with Crippen molar-refractivity contribution < 1.29 is 19.4 Å².